The van der Waals surface area contributed by atoms with E-state index in [0.29, 0.717) is 17.5 Å². The fourth-order valence-electron chi connectivity index (χ4n) is 1.87. The molecule has 6 nitrogen and oxygen atoms in total. The summed E-state index contributed by atoms with van der Waals surface area (Å²) in [6.07, 6.45) is 1.29. The first-order chi connectivity index (χ1) is 13.2. The Balaban J connectivity index is 0.000000391. The normalized spacial score (nSPS) is 12.7. The molecule has 6 heteroatoms. The lowest BCUT2D eigenvalue weighted by Crippen LogP contribution is -2.26. The van der Waals surface area contributed by atoms with Gasteiger partial charge in [-0.25, -0.2) is 9.59 Å². The van der Waals surface area contributed by atoms with E-state index < -0.39 is 24.1 Å². The lowest BCUT2D eigenvalue weighted by molar-refractivity contribution is 0.0335. The molecule has 2 aromatic rings. The van der Waals surface area contributed by atoms with Crippen LogP contribution in [0.1, 0.15) is 41.0 Å². The third kappa shape index (κ3) is 10.9. The highest BCUT2D eigenvalue weighted by atomic mass is 16.4. The predicted octanol–water partition coefficient (Wildman–Crippen LogP) is 3.71. The zero-order chi connectivity index (χ0) is 21.5. The lowest BCUT2D eigenvalue weighted by atomic mass is 9.97. The van der Waals surface area contributed by atoms with Gasteiger partial charge in [0.2, 0.25) is 0 Å². The summed E-state index contributed by atoms with van der Waals surface area (Å²) >= 11 is 0. The average molecular weight is 388 g/mol. The molecule has 0 heterocycles. The number of aromatic carboxylic acids is 2. The molecule has 0 fully saturated rings. The molecule has 2 rings (SSSR count). The molecule has 0 spiro atoms. The number of rotatable bonds is 6. The van der Waals surface area contributed by atoms with Crippen LogP contribution in [-0.2, 0) is 0 Å². The Hall–Kier alpha value is -2.96. The maximum Gasteiger partial charge on any atom is 0.335 e. The van der Waals surface area contributed by atoms with Gasteiger partial charge in [0.25, 0.3) is 0 Å². The highest BCUT2D eigenvalue weighted by molar-refractivity contribution is 5.87. The molecule has 0 radical (unpaired) electrons. The standard InChI is InChI=1S/C8H16O2.2C7H6O2/c1-4-5-8(10)6(2)7(3)9;2*8-7(9)6-4-2-1-3-5-6/h4,6-10H,1,5H2,2-3H3;2*1-5H,(H,8,9). The van der Waals surface area contributed by atoms with E-state index in [-0.39, 0.29) is 5.92 Å². The zero-order valence-electron chi connectivity index (χ0n) is 16.1. The first kappa shape index (κ1) is 25.0. The van der Waals surface area contributed by atoms with Gasteiger partial charge in [0.1, 0.15) is 0 Å². The topological polar surface area (TPSA) is 115 Å². The van der Waals surface area contributed by atoms with Crippen molar-refractivity contribution in [2.45, 2.75) is 32.5 Å². The largest absolute Gasteiger partial charge is 0.478 e. The second kappa shape index (κ2) is 14.1. The van der Waals surface area contributed by atoms with Gasteiger partial charge in [0.05, 0.1) is 23.3 Å². The Morgan fingerprint density at radius 1 is 0.857 bits per heavy atom. The van der Waals surface area contributed by atoms with Crippen LogP contribution in [0.15, 0.2) is 73.3 Å². The average Bonchev–Trinajstić information content (AvgIpc) is 2.69. The third-order valence-electron chi connectivity index (χ3n) is 3.82. The minimum Gasteiger partial charge on any atom is -0.478 e. The van der Waals surface area contributed by atoms with Crippen LogP contribution in [0.2, 0.25) is 0 Å². The van der Waals surface area contributed by atoms with Crippen molar-refractivity contribution in [1.29, 1.82) is 0 Å². The number of hydrogen-bond acceptors (Lipinski definition) is 4. The van der Waals surface area contributed by atoms with Gasteiger partial charge in [-0.2, -0.15) is 0 Å². The molecule has 28 heavy (non-hydrogen) atoms. The minimum atomic E-state index is -0.879. The first-order valence-corrected chi connectivity index (χ1v) is 8.74. The Labute approximate surface area is 165 Å². The van der Waals surface area contributed by atoms with Crippen LogP contribution >= 0.6 is 0 Å². The summed E-state index contributed by atoms with van der Waals surface area (Å²) in [4.78, 5) is 20.4. The van der Waals surface area contributed by atoms with Gasteiger partial charge in [0, 0.05) is 5.92 Å². The van der Waals surface area contributed by atoms with Crippen LogP contribution in [-0.4, -0.2) is 44.6 Å². The molecule has 2 aromatic carbocycles. The van der Waals surface area contributed by atoms with Gasteiger partial charge < -0.3 is 20.4 Å². The van der Waals surface area contributed by atoms with Gasteiger partial charge in [0.15, 0.2) is 0 Å². The highest BCUT2D eigenvalue weighted by Gasteiger charge is 2.16. The maximum absolute atomic E-state index is 10.2. The van der Waals surface area contributed by atoms with Gasteiger partial charge in [-0.15, -0.1) is 6.58 Å². The van der Waals surface area contributed by atoms with Crippen LogP contribution in [0.4, 0.5) is 0 Å². The van der Waals surface area contributed by atoms with Crippen molar-refractivity contribution < 1.29 is 30.0 Å². The molecule has 0 aliphatic heterocycles. The number of carboxylic acids is 2. The summed E-state index contributed by atoms with van der Waals surface area (Å²) in [5.74, 6) is -1.83. The van der Waals surface area contributed by atoms with E-state index in [1.807, 2.05) is 6.92 Å². The van der Waals surface area contributed by atoms with E-state index in [1.54, 1.807) is 73.7 Å². The predicted molar refractivity (Wildman–Crippen MR) is 108 cm³/mol. The van der Waals surface area contributed by atoms with E-state index >= 15 is 0 Å². The van der Waals surface area contributed by atoms with Crippen LogP contribution in [0.3, 0.4) is 0 Å². The molecule has 3 unspecified atom stereocenters. The monoisotopic (exact) mass is 388 g/mol. The molecule has 0 aliphatic rings. The summed E-state index contributed by atoms with van der Waals surface area (Å²) in [7, 11) is 0. The first-order valence-electron chi connectivity index (χ1n) is 8.74. The van der Waals surface area contributed by atoms with E-state index in [4.69, 9.17) is 15.3 Å². The zero-order valence-corrected chi connectivity index (χ0v) is 16.1. The van der Waals surface area contributed by atoms with Gasteiger partial charge in [-0.3, -0.25) is 0 Å². The second-order valence-electron chi connectivity index (χ2n) is 6.03. The number of aliphatic hydroxyl groups excluding tert-OH is 2. The van der Waals surface area contributed by atoms with E-state index in [1.165, 1.54) is 0 Å². The molecule has 3 atom stereocenters. The van der Waals surface area contributed by atoms with E-state index in [9.17, 15) is 14.7 Å². The molecular weight excluding hydrogens is 360 g/mol. The summed E-state index contributed by atoms with van der Waals surface area (Å²) in [5.41, 5.74) is 0.662. The van der Waals surface area contributed by atoms with Crippen LogP contribution in [0.5, 0.6) is 0 Å². The van der Waals surface area contributed by atoms with Gasteiger partial charge in [-0.05, 0) is 37.6 Å². The van der Waals surface area contributed by atoms with Crippen LogP contribution in [0, 0.1) is 5.92 Å². The van der Waals surface area contributed by atoms with Crippen molar-refractivity contribution in [3.63, 3.8) is 0 Å². The summed E-state index contributed by atoms with van der Waals surface area (Å²) in [6, 6.07) is 16.6. The number of hydrogen-bond donors (Lipinski definition) is 4. The molecule has 0 aliphatic carbocycles. The van der Waals surface area contributed by atoms with Crippen molar-refractivity contribution in [3.8, 4) is 0 Å². The van der Waals surface area contributed by atoms with E-state index in [2.05, 4.69) is 6.58 Å². The summed E-state index contributed by atoms with van der Waals surface area (Å²) < 4.78 is 0. The quantitative estimate of drug-likeness (QED) is 0.561. The Morgan fingerprint density at radius 3 is 1.43 bits per heavy atom. The molecule has 0 aromatic heterocycles. The number of carbonyl (C=O) groups is 2. The molecule has 152 valence electrons. The SMILES string of the molecule is C=CCC(O)C(C)C(C)O.O=C(O)c1ccccc1.O=C(O)c1ccccc1. The summed E-state index contributed by atoms with van der Waals surface area (Å²) in [5, 5.41) is 35.1. The van der Waals surface area contributed by atoms with Crippen molar-refractivity contribution in [2.24, 2.45) is 5.92 Å². The Morgan fingerprint density at radius 2 is 1.21 bits per heavy atom. The highest BCUT2D eigenvalue weighted by Crippen LogP contribution is 2.11. The number of aliphatic hydroxyl groups is 2. The molecule has 0 saturated carbocycles. The third-order valence-corrected chi connectivity index (χ3v) is 3.82. The number of carboxylic acid groups (broad SMARTS) is 2. The van der Waals surface area contributed by atoms with Gasteiger partial charge >= 0.3 is 11.9 Å². The fraction of sp³-hybridized carbons (Fsp3) is 0.273. The lowest BCUT2D eigenvalue weighted by Gasteiger charge is -2.19. The molecular formula is C22H28O6. The van der Waals surface area contributed by atoms with Crippen molar-refractivity contribution >= 4 is 11.9 Å². The molecule has 4 N–H and O–H groups in total. The van der Waals surface area contributed by atoms with Crippen molar-refractivity contribution in [3.05, 3.63) is 84.4 Å². The van der Waals surface area contributed by atoms with Crippen LogP contribution < -0.4 is 0 Å². The van der Waals surface area contributed by atoms with Crippen LogP contribution in [0.25, 0.3) is 0 Å². The Kier molecular flexibility index (Phi) is 12.6. The van der Waals surface area contributed by atoms with E-state index in [0.717, 1.165) is 0 Å². The minimum absolute atomic E-state index is 0.0713. The van der Waals surface area contributed by atoms with Gasteiger partial charge in [-0.1, -0.05) is 49.4 Å². The maximum atomic E-state index is 10.2. The number of benzene rings is 2. The Bertz CT molecular complexity index is 648. The van der Waals surface area contributed by atoms with Crippen molar-refractivity contribution in [2.75, 3.05) is 0 Å². The molecule has 0 saturated heterocycles. The van der Waals surface area contributed by atoms with Crippen molar-refractivity contribution in [1.82, 2.24) is 0 Å². The molecule has 0 amide bonds. The molecule has 0 bridgehead atoms. The summed E-state index contributed by atoms with van der Waals surface area (Å²) in [6.45, 7) is 7.00. The smallest absolute Gasteiger partial charge is 0.335 e. The second-order valence-corrected chi connectivity index (χ2v) is 6.03. The fourth-order valence-corrected chi connectivity index (χ4v) is 1.87.